The molecule has 0 aliphatic heterocycles. The van der Waals surface area contributed by atoms with Crippen LogP contribution in [0.5, 0.6) is 0 Å². The number of thiophene rings is 1. The van der Waals surface area contributed by atoms with Crippen molar-refractivity contribution in [3.8, 4) is 0 Å². The maximum atomic E-state index is 13.7. The molecule has 1 aromatic carbocycles. The molecule has 0 N–H and O–H groups in total. The number of alkyl halides is 1. The average Bonchev–Trinajstić information content (AvgIpc) is 2.60. The van der Waals surface area contributed by atoms with Crippen LogP contribution in [0.3, 0.4) is 0 Å². The summed E-state index contributed by atoms with van der Waals surface area (Å²) in [5.41, 5.74) is 1.51. The normalized spacial score (nSPS) is 12.8. The minimum absolute atomic E-state index is 0.267. The van der Waals surface area contributed by atoms with Crippen LogP contribution < -0.4 is 0 Å². The van der Waals surface area contributed by atoms with Crippen LogP contribution >= 0.6 is 38.9 Å². The van der Waals surface area contributed by atoms with Crippen LogP contribution in [0.1, 0.15) is 26.3 Å². The summed E-state index contributed by atoms with van der Waals surface area (Å²) >= 11 is 11.4. The lowest BCUT2D eigenvalue weighted by atomic mass is 10.0. The molecule has 0 bridgehead atoms. The number of hydrogen-bond donors (Lipinski definition) is 0. The van der Waals surface area contributed by atoms with Gasteiger partial charge in [0.15, 0.2) is 0 Å². The smallest absolute Gasteiger partial charge is 0.128 e. The highest BCUT2D eigenvalue weighted by Gasteiger charge is 2.19. The van der Waals surface area contributed by atoms with Crippen molar-refractivity contribution in [2.24, 2.45) is 0 Å². The summed E-state index contributed by atoms with van der Waals surface area (Å²) in [6.45, 7) is 4.04. The molecular formula is C13H11BrClFS. The van der Waals surface area contributed by atoms with Gasteiger partial charge in [0, 0.05) is 19.8 Å². The van der Waals surface area contributed by atoms with Crippen LogP contribution in [-0.4, -0.2) is 0 Å². The van der Waals surface area contributed by atoms with E-state index in [2.05, 4.69) is 15.9 Å². The van der Waals surface area contributed by atoms with Gasteiger partial charge >= 0.3 is 0 Å². The summed E-state index contributed by atoms with van der Waals surface area (Å²) in [7, 11) is 0. The van der Waals surface area contributed by atoms with E-state index in [1.807, 2.05) is 19.9 Å². The van der Waals surface area contributed by atoms with Crippen molar-refractivity contribution in [2.45, 2.75) is 19.2 Å². The zero-order chi connectivity index (χ0) is 12.6. The first-order chi connectivity index (χ1) is 7.99. The van der Waals surface area contributed by atoms with Gasteiger partial charge in [-0.3, -0.25) is 0 Å². The van der Waals surface area contributed by atoms with Crippen molar-refractivity contribution in [1.82, 2.24) is 0 Å². The van der Waals surface area contributed by atoms with E-state index in [0.29, 0.717) is 5.56 Å². The van der Waals surface area contributed by atoms with E-state index < -0.39 is 5.38 Å². The molecule has 0 radical (unpaired) electrons. The minimum Gasteiger partial charge on any atom is -0.207 e. The SMILES string of the molecule is Cc1cc(C(Cl)c2cc(Br)ccc2F)c(C)s1. The molecule has 1 unspecified atom stereocenters. The summed E-state index contributed by atoms with van der Waals surface area (Å²) in [5, 5.41) is -0.433. The second kappa shape index (κ2) is 5.09. The number of aryl methyl sites for hydroxylation is 2. The maximum Gasteiger partial charge on any atom is 0.128 e. The quantitative estimate of drug-likeness (QED) is 0.628. The molecule has 17 heavy (non-hydrogen) atoms. The summed E-state index contributed by atoms with van der Waals surface area (Å²) < 4.78 is 14.6. The van der Waals surface area contributed by atoms with Crippen LogP contribution in [0.15, 0.2) is 28.7 Å². The first-order valence-electron chi connectivity index (χ1n) is 5.15. The molecule has 0 spiro atoms. The Morgan fingerprint density at radius 1 is 1.24 bits per heavy atom. The Balaban J connectivity index is 2.46. The Kier molecular flexibility index (Phi) is 3.91. The number of hydrogen-bond acceptors (Lipinski definition) is 1. The van der Waals surface area contributed by atoms with Gasteiger partial charge in [0.1, 0.15) is 5.82 Å². The Morgan fingerprint density at radius 2 is 1.94 bits per heavy atom. The molecule has 0 saturated heterocycles. The Morgan fingerprint density at radius 3 is 2.53 bits per heavy atom. The molecule has 0 fully saturated rings. The Hall–Kier alpha value is -0.380. The second-order valence-corrected chi connectivity index (χ2v) is 6.71. The van der Waals surface area contributed by atoms with Crippen molar-refractivity contribution in [3.63, 3.8) is 0 Å². The van der Waals surface area contributed by atoms with Gasteiger partial charge in [-0.15, -0.1) is 22.9 Å². The first-order valence-corrected chi connectivity index (χ1v) is 7.19. The van der Waals surface area contributed by atoms with Crippen molar-refractivity contribution >= 4 is 38.9 Å². The highest BCUT2D eigenvalue weighted by atomic mass is 79.9. The third-order valence-corrected chi connectivity index (χ3v) is 4.53. The highest BCUT2D eigenvalue weighted by molar-refractivity contribution is 9.10. The van der Waals surface area contributed by atoms with Gasteiger partial charge in [0.05, 0.1) is 5.38 Å². The third kappa shape index (κ3) is 2.72. The van der Waals surface area contributed by atoms with E-state index in [1.165, 1.54) is 10.9 Å². The van der Waals surface area contributed by atoms with Gasteiger partial charge in [0.2, 0.25) is 0 Å². The molecule has 0 aliphatic carbocycles. The third-order valence-electron chi connectivity index (χ3n) is 2.58. The van der Waals surface area contributed by atoms with Gasteiger partial charge in [-0.25, -0.2) is 4.39 Å². The summed E-state index contributed by atoms with van der Waals surface area (Å²) in [5.74, 6) is -0.267. The summed E-state index contributed by atoms with van der Waals surface area (Å²) in [4.78, 5) is 2.33. The summed E-state index contributed by atoms with van der Waals surface area (Å²) in [6.07, 6.45) is 0. The molecule has 2 aromatic rings. The molecular weight excluding hydrogens is 323 g/mol. The van der Waals surface area contributed by atoms with E-state index in [1.54, 1.807) is 23.5 Å². The van der Waals surface area contributed by atoms with Gasteiger partial charge in [-0.1, -0.05) is 15.9 Å². The van der Waals surface area contributed by atoms with Crippen molar-refractivity contribution in [2.75, 3.05) is 0 Å². The summed E-state index contributed by atoms with van der Waals surface area (Å²) in [6, 6.07) is 6.87. The van der Waals surface area contributed by atoms with Gasteiger partial charge in [-0.05, 0) is 43.7 Å². The standard InChI is InChI=1S/C13H11BrClFS/c1-7-5-10(8(2)17-7)13(15)11-6-9(14)3-4-12(11)16/h3-6,13H,1-2H3. The predicted octanol–water partition coefficient (Wildman–Crippen LogP) is 5.59. The molecule has 2 rings (SSSR count). The molecule has 0 saturated carbocycles. The van der Waals surface area contributed by atoms with Crippen molar-refractivity contribution < 1.29 is 4.39 Å². The topological polar surface area (TPSA) is 0 Å². The molecule has 0 amide bonds. The van der Waals surface area contributed by atoms with Crippen LogP contribution in [0.2, 0.25) is 0 Å². The lowest BCUT2D eigenvalue weighted by Crippen LogP contribution is -1.97. The predicted molar refractivity (Wildman–Crippen MR) is 75.6 cm³/mol. The van der Waals surface area contributed by atoms with Crippen molar-refractivity contribution in [1.29, 1.82) is 0 Å². The first kappa shape index (κ1) is 13.1. The number of halogens is 3. The van der Waals surface area contributed by atoms with Gasteiger partial charge in [0.25, 0.3) is 0 Å². The second-order valence-electron chi connectivity index (χ2n) is 3.90. The molecule has 90 valence electrons. The van der Waals surface area contributed by atoms with Crippen LogP contribution in [0.4, 0.5) is 4.39 Å². The average molecular weight is 334 g/mol. The highest BCUT2D eigenvalue weighted by Crippen LogP contribution is 2.37. The molecule has 1 heterocycles. The van der Waals surface area contributed by atoms with E-state index in [9.17, 15) is 4.39 Å². The molecule has 4 heteroatoms. The Labute approximate surface area is 118 Å². The zero-order valence-corrected chi connectivity index (χ0v) is 12.6. The Bertz CT molecular complexity index is 550. The molecule has 0 aliphatic rings. The fourth-order valence-corrected chi connectivity index (χ4v) is 3.58. The van der Waals surface area contributed by atoms with Crippen molar-refractivity contribution in [3.05, 3.63) is 55.4 Å². The van der Waals surface area contributed by atoms with Gasteiger partial charge in [-0.2, -0.15) is 0 Å². The van der Waals surface area contributed by atoms with E-state index in [4.69, 9.17) is 11.6 Å². The maximum absolute atomic E-state index is 13.7. The minimum atomic E-state index is -0.433. The lowest BCUT2D eigenvalue weighted by Gasteiger charge is -2.11. The molecule has 1 aromatic heterocycles. The molecule has 1 atom stereocenters. The number of benzene rings is 1. The van der Waals surface area contributed by atoms with Crippen LogP contribution in [-0.2, 0) is 0 Å². The lowest BCUT2D eigenvalue weighted by molar-refractivity contribution is 0.612. The molecule has 0 nitrogen and oxygen atoms in total. The fourth-order valence-electron chi connectivity index (χ4n) is 1.78. The van der Waals surface area contributed by atoms with Crippen LogP contribution in [0.25, 0.3) is 0 Å². The fraction of sp³-hybridized carbons (Fsp3) is 0.231. The zero-order valence-electron chi connectivity index (χ0n) is 9.43. The van der Waals surface area contributed by atoms with Gasteiger partial charge < -0.3 is 0 Å². The number of rotatable bonds is 2. The van der Waals surface area contributed by atoms with E-state index >= 15 is 0 Å². The monoisotopic (exact) mass is 332 g/mol. The largest absolute Gasteiger partial charge is 0.207 e. The van der Waals surface area contributed by atoms with E-state index in [-0.39, 0.29) is 5.82 Å². The van der Waals surface area contributed by atoms with E-state index in [0.717, 1.165) is 14.9 Å². The van der Waals surface area contributed by atoms with Crippen LogP contribution in [0, 0.1) is 19.7 Å².